The second kappa shape index (κ2) is 13.1. The van der Waals surface area contributed by atoms with Crippen LogP contribution in [0.4, 0.5) is 0 Å². The third-order valence-corrected chi connectivity index (χ3v) is 5.59. The molecule has 4 atom stereocenters. The van der Waals surface area contributed by atoms with E-state index >= 15 is 0 Å². The van der Waals surface area contributed by atoms with Crippen molar-refractivity contribution in [3.8, 4) is 0 Å². The minimum absolute atomic E-state index is 0.0531. The van der Waals surface area contributed by atoms with Crippen molar-refractivity contribution in [3.05, 3.63) is 0 Å². The van der Waals surface area contributed by atoms with Crippen LogP contribution in [0.1, 0.15) is 77.6 Å². The zero-order valence-electron chi connectivity index (χ0n) is 16.8. The number of nitrogens with zero attached hydrogens (tertiary/aromatic N) is 4. The summed E-state index contributed by atoms with van der Waals surface area (Å²) in [4.78, 5) is 12.1. The molecule has 0 aromatic rings. The van der Waals surface area contributed by atoms with Crippen LogP contribution in [0.25, 0.3) is 0 Å². The Labute approximate surface area is 166 Å². The first-order valence-electron chi connectivity index (χ1n) is 10.2. The van der Waals surface area contributed by atoms with Crippen molar-refractivity contribution >= 4 is 5.97 Å². The zero-order chi connectivity index (χ0) is 20.8. The van der Waals surface area contributed by atoms with Crippen molar-refractivity contribution in [2.45, 2.75) is 101 Å². The molecule has 0 aliphatic heterocycles. The summed E-state index contributed by atoms with van der Waals surface area (Å²) in [5, 5.41) is 15.0. The van der Waals surface area contributed by atoms with Gasteiger partial charge in [-0.1, -0.05) is 0 Å². The Morgan fingerprint density at radius 1 is 0.857 bits per heavy atom. The van der Waals surface area contributed by atoms with Crippen LogP contribution >= 0.6 is 0 Å². The lowest BCUT2D eigenvalue weighted by Crippen LogP contribution is -2.32. The summed E-state index contributed by atoms with van der Waals surface area (Å²) in [6.07, 6.45) is 6.76. The Balaban J connectivity index is 2.93. The summed E-state index contributed by atoms with van der Waals surface area (Å²) in [7, 11) is 0. The molecule has 0 heterocycles. The summed E-state index contributed by atoms with van der Waals surface area (Å²) in [5.41, 5.74) is 29.2. The highest BCUT2D eigenvalue weighted by molar-refractivity contribution is 5.70. The van der Waals surface area contributed by atoms with Crippen molar-refractivity contribution in [2.24, 2.45) is 20.5 Å². The minimum Gasteiger partial charge on any atom is -0.466 e. The van der Waals surface area contributed by atoms with Gasteiger partial charge in [-0.05, 0) is 71.1 Å². The highest BCUT2D eigenvalue weighted by Crippen LogP contribution is 2.32. The summed E-state index contributed by atoms with van der Waals surface area (Å²) in [6.45, 7) is 2.04. The Hall–Kier alpha value is -2.13. The van der Waals surface area contributed by atoms with Gasteiger partial charge >= 0.3 is 5.97 Å². The molecule has 1 aliphatic carbocycles. The van der Waals surface area contributed by atoms with Gasteiger partial charge in [-0.25, -0.2) is 22.1 Å². The lowest BCUT2D eigenvalue weighted by molar-refractivity contribution is -0.144. The Kier molecular flexibility index (Phi) is 11.2. The molecule has 1 fully saturated rings. The second-order valence-corrected chi connectivity index (χ2v) is 7.61. The zero-order valence-corrected chi connectivity index (χ0v) is 16.8. The molecule has 1 aliphatic rings. The topological polar surface area (TPSA) is 171 Å². The van der Waals surface area contributed by atoms with Crippen LogP contribution in [0, 0.1) is 22.1 Å². The summed E-state index contributed by atoms with van der Waals surface area (Å²) >= 11 is 0. The van der Waals surface area contributed by atoms with Crippen LogP contribution in [0.5, 0.6) is 0 Å². The largest absolute Gasteiger partial charge is 0.466 e. The molecule has 4 unspecified atom stereocenters. The van der Waals surface area contributed by atoms with E-state index in [1.165, 1.54) is 0 Å². The molecule has 0 saturated heterocycles. The smallest absolute Gasteiger partial charge is 0.308 e. The fourth-order valence-corrected chi connectivity index (χ4v) is 3.83. The molecule has 0 bridgehead atoms. The molecule has 10 heteroatoms. The first-order valence-corrected chi connectivity index (χ1v) is 10.2. The molecule has 4 N–H and O–H groups in total. The van der Waals surface area contributed by atoms with E-state index in [9.17, 15) is 4.79 Å². The molecular formula is C18H34N8O2. The average molecular weight is 395 g/mol. The number of carbonyl (C=O) groups is 1. The van der Waals surface area contributed by atoms with E-state index in [1.54, 1.807) is 6.92 Å². The van der Waals surface area contributed by atoms with Crippen LogP contribution in [0.15, 0.2) is 20.5 Å². The van der Waals surface area contributed by atoms with Crippen LogP contribution in [-0.2, 0) is 9.53 Å². The number of hydrogen-bond donors (Lipinski definition) is 4. The number of carbonyl (C=O) groups excluding carboxylic acids is 1. The quantitative estimate of drug-likeness (QED) is 0.315. The van der Waals surface area contributed by atoms with Crippen molar-refractivity contribution in [1.29, 1.82) is 22.1 Å². The lowest BCUT2D eigenvalue weighted by atomic mass is 9.82. The minimum atomic E-state index is -0.842. The normalized spacial score (nSPS) is 30.4. The molecule has 0 aromatic carbocycles. The lowest BCUT2D eigenvalue weighted by Gasteiger charge is -2.29. The molecule has 1 saturated carbocycles. The van der Waals surface area contributed by atoms with E-state index in [2.05, 4.69) is 20.5 Å². The van der Waals surface area contributed by atoms with Gasteiger partial charge in [-0.15, -0.1) is 0 Å². The third kappa shape index (κ3) is 8.26. The summed E-state index contributed by atoms with van der Waals surface area (Å²) < 4.78 is 5.08. The Morgan fingerprint density at radius 3 is 1.89 bits per heavy atom. The van der Waals surface area contributed by atoms with Gasteiger partial charge in [0.25, 0.3) is 0 Å². The highest BCUT2D eigenvalue weighted by atomic mass is 16.5. The molecule has 28 heavy (non-hydrogen) atoms. The number of rotatable bonds is 7. The van der Waals surface area contributed by atoms with Crippen LogP contribution in [0.3, 0.4) is 0 Å². The van der Waals surface area contributed by atoms with Gasteiger partial charge in [-0.3, -0.25) is 4.79 Å². The van der Waals surface area contributed by atoms with Gasteiger partial charge in [0.05, 0.1) is 36.7 Å². The maximum absolute atomic E-state index is 12.1. The Morgan fingerprint density at radius 2 is 1.39 bits per heavy atom. The molecule has 0 spiro atoms. The van der Waals surface area contributed by atoms with Gasteiger partial charge < -0.3 is 4.74 Å². The Bertz CT molecular complexity index is 530. The molecular weight excluding hydrogens is 360 g/mol. The standard InChI is InChI=1S/C18H34N8O2/c1-2-28-17(27)13-18(26-22)11-4-7-15(24-20)9-8-14(23-19)5-3-6-16(25-21)10-12-18/h14-16,19-22H,2-13H2,1H3. The van der Waals surface area contributed by atoms with Crippen molar-refractivity contribution in [1.82, 2.24) is 0 Å². The highest BCUT2D eigenvalue weighted by Gasteiger charge is 2.34. The summed E-state index contributed by atoms with van der Waals surface area (Å²) in [5.74, 6) is -0.361. The first-order chi connectivity index (χ1) is 13.5. The molecule has 10 nitrogen and oxygen atoms in total. The van der Waals surface area contributed by atoms with Gasteiger partial charge in [-0.2, -0.15) is 20.5 Å². The van der Waals surface area contributed by atoms with Gasteiger partial charge in [0, 0.05) is 0 Å². The predicted octanol–water partition coefficient (Wildman–Crippen LogP) is 5.82. The van der Waals surface area contributed by atoms with E-state index < -0.39 is 5.54 Å². The van der Waals surface area contributed by atoms with Gasteiger partial charge in [0.1, 0.15) is 0 Å². The van der Waals surface area contributed by atoms with Crippen molar-refractivity contribution in [2.75, 3.05) is 6.61 Å². The third-order valence-electron chi connectivity index (χ3n) is 5.59. The van der Waals surface area contributed by atoms with Gasteiger partial charge in [0.15, 0.2) is 0 Å². The van der Waals surface area contributed by atoms with Crippen LogP contribution < -0.4 is 0 Å². The molecule has 0 radical (unpaired) electrons. The second-order valence-electron chi connectivity index (χ2n) is 7.61. The van der Waals surface area contributed by atoms with Crippen LogP contribution in [0.2, 0.25) is 0 Å². The number of ether oxygens (including phenoxy) is 1. The monoisotopic (exact) mass is 394 g/mol. The SMILES string of the molecule is CCOC(=O)CC1(N=N)CCCC(N=N)CCC(N=N)CCCC(N=N)CC1. The molecule has 158 valence electrons. The predicted molar refractivity (Wildman–Crippen MR) is 102 cm³/mol. The maximum atomic E-state index is 12.1. The molecule has 0 aromatic heterocycles. The van der Waals surface area contributed by atoms with E-state index in [1.807, 2.05) is 0 Å². The van der Waals surface area contributed by atoms with E-state index in [0.717, 1.165) is 25.7 Å². The summed E-state index contributed by atoms with van der Waals surface area (Å²) in [6, 6.07) is -0.368. The maximum Gasteiger partial charge on any atom is 0.308 e. The van der Waals surface area contributed by atoms with Crippen molar-refractivity contribution in [3.63, 3.8) is 0 Å². The number of hydrogen-bond acceptors (Lipinski definition) is 10. The van der Waals surface area contributed by atoms with E-state index in [0.29, 0.717) is 45.1 Å². The van der Waals surface area contributed by atoms with E-state index in [4.69, 9.17) is 26.9 Å². The molecule has 1 rings (SSSR count). The number of esters is 1. The number of nitrogens with one attached hydrogen (secondary N) is 4. The fraction of sp³-hybridized carbons (Fsp3) is 0.944. The van der Waals surface area contributed by atoms with Crippen molar-refractivity contribution < 1.29 is 9.53 Å². The molecule has 0 amide bonds. The van der Waals surface area contributed by atoms with Gasteiger partial charge in [0.2, 0.25) is 0 Å². The van der Waals surface area contributed by atoms with Crippen LogP contribution in [-0.4, -0.2) is 36.2 Å². The fourth-order valence-electron chi connectivity index (χ4n) is 3.83. The van der Waals surface area contributed by atoms with E-state index in [-0.39, 0.29) is 30.5 Å². The first kappa shape index (κ1) is 23.9. The average Bonchev–Trinajstić information content (AvgIpc) is 2.70.